The Hall–Kier alpha value is -1.52. The molecule has 4 heteroatoms. The SMILES string of the molecule is C=Cc1cc(OCCC)c(C2OCC(C)(C)CO2)cc1OCCC. The van der Waals surface area contributed by atoms with Crippen molar-refractivity contribution < 1.29 is 18.9 Å². The molecule has 0 unspecified atom stereocenters. The molecule has 1 aromatic rings. The van der Waals surface area contributed by atoms with E-state index in [0.717, 1.165) is 35.5 Å². The summed E-state index contributed by atoms with van der Waals surface area (Å²) < 4.78 is 23.7. The molecule has 0 radical (unpaired) electrons. The average molecular weight is 334 g/mol. The van der Waals surface area contributed by atoms with E-state index < -0.39 is 6.29 Å². The third kappa shape index (κ3) is 4.74. The second kappa shape index (κ2) is 8.54. The predicted octanol–water partition coefficient (Wildman–Crippen LogP) is 4.98. The molecule has 0 aromatic heterocycles. The van der Waals surface area contributed by atoms with Crippen molar-refractivity contribution in [2.75, 3.05) is 26.4 Å². The van der Waals surface area contributed by atoms with Gasteiger partial charge in [-0.15, -0.1) is 0 Å². The quantitative estimate of drug-likeness (QED) is 0.672. The zero-order chi connectivity index (χ0) is 17.6. The Labute approximate surface area is 145 Å². The Bertz CT molecular complexity index is 541. The van der Waals surface area contributed by atoms with Gasteiger partial charge in [0.25, 0.3) is 0 Å². The molecular weight excluding hydrogens is 304 g/mol. The first kappa shape index (κ1) is 18.8. The normalized spacial score (nSPS) is 17.5. The Kier molecular flexibility index (Phi) is 6.69. The van der Waals surface area contributed by atoms with Gasteiger partial charge in [0, 0.05) is 11.0 Å². The highest BCUT2D eigenvalue weighted by molar-refractivity contribution is 5.60. The van der Waals surface area contributed by atoms with Gasteiger partial charge >= 0.3 is 0 Å². The van der Waals surface area contributed by atoms with E-state index in [2.05, 4.69) is 34.3 Å². The smallest absolute Gasteiger partial charge is 0.187 e. The average Bonchev–Trinajstić information content (AvgIpc) is 2.58. The molecule has 1 saturated heterocycles. The molecule has 0 saturated carbocycles. The summed E-state index contributed by atoms with van der Waals surface area (Å²) in [4.78, 5) is 0. The Morgan fingerprint density at radius 2 is 1.67 bits per heavy atom. The molecule has 1 aliphatic rings. The van der Waals surface area contributed by atoms with E-state index in [1.54, 1.807) is 6.08 Å². The van der Waals surface area contributed by atoms with Crippen molar-refractivity contribution in [3.63, 3.8) is 0 Å². The lowest BCUT2D eigenvalue weighted by Gasteiger charge is -2.35. The van der Waals surface area contributed by atoms with Crippen LogP contribution in [0.5, 0.6) is 11.5 Å². The summed E-state index contributed by atoms with van der Waals surface area (Å²) in [5, 5.41) is 0. The molecule has 0 aliphatic carbocycles. The maximum Gasteiger partial charge on any atom is 0.187 e. The molecule has 0 bridgehead atoms. The maximum absolute atomic E-state index is 5.95. The van der Waals surface area contributed by atoms with E-state index in [1.807, 2.05) is 12.1 Å². The molecule has 134 valence electrons. The van der Waals surface area contributed by atoms with Gasteiger partial charge in [-0.2, -0.15) is 0 Å². The van der Waals surface area contributed by atoms with Crippen LogP contribution in [0.25, 0.3) is 6.08 Å². The van der Waals surface area contributed by atoms with Crippen LogP contribution in [-0.2, 0) is 9.47 Å². The standard InChI is InChI=1S/C20H30O4/c1-6-9-21-17-12-16(19-23-13-20(4,5)14-24-19)18(22-10-7-2)11-15(17)8-3/h8,11-12,19H,3,6-7,9-10,13-14H2,1-2,4-5H3. The summed E-state index contributed by atoms with van der Waals surface area (Å²) in [7, 11) is 0. The lowest BCUT2D eigenvalue weighted by Crippen LogP contribution is -2.34. The second-order valence-corrected chi connectivity index (χ2v) is 6.95. The highest BCUT2D eigenvalue weighted by atomic mass is 16.7. The van der Waals surface area contributed by atoms with Crippen molar-refractivity contribution in [1.29, 1.82) is 0 Å². The van der Waals surface area contributed by atoms with Crippen molar-refractivity contribution >= 4 is 6.08 Å². The van der Waals surface area contributed by atoms with Gasteiger partial charge in [-0.1, -0.05) is 40.3 Å². The summed E-state index contributed by atoms with van der Waals surface area (Å²) in [5.41, 5.74) is 1.84. The van der Waals surface area contributed by atoms with Gasteiger partial charge in [-0.25, -0.2) is 0 Å². The number of benzene rings is 1. The fraction of sp³-hybridized carbons (Fsp3) is 0.600. The van der Waals surface area contributed by atoms with E-state index in [4.69, 9.17) is 18.9 Å². The summed E-state index contributed by atoms with van der Waals surface area (Å²) in [6, 6.07) is 3.94. The molecule has 0 atom stereocenters. The highest BCUT2D eigenvalue weighted by Gasteiger charge is 2.31. The van der Waals surface area contributed by atoms with Crippen molar-refractivity contribution in [3.8, 4) is 11.5 Å². The zero-order valence-electron chi connectivity index (χ0n) is 15.4. The topological polar surface area (TPSA) is 36.9 Å². The highest BCUT2D eigenvalue weighted by Crippen LogP contribution is 2.39. The molecule has 2 rings (SSSR count). The lowest BCUT2D eigenvalue weighted by molar-refractivity contribution is -0.226. The van der Waals surface area contributed by atoms with Gasteiger partial charge in [0.15, 0.2) is 6.29 Å². The van der Waals surface area contributed by atoms with E-state index >= 15 is 0 Å². The van der Waals surface area contributed by atoms with Gasteiger partial charge in [0.05, 0.1) is 32.0 Å². The monoisotopic (exact) mass is 334 g/mol. The van der Waals surface area contributed by atoms with E-state index in [0.29, 0.717) is 26.4 Å². The summed E-state index contributed by atoms with van der Waals surface area (Å²) in [6.07, 6.45) is 3.26. The van der Waals surface area contributed by atoms with Crippen molar-refractivity contribution in [2.24, 2.45) is 5.41 Å². The first-order valence-corrected chi connectivity index (χ1v) is 8.80. The Morgan fingerprint density at radius 1 is 1.08 bits per heavy atom. The van der Waals surface area contributed by atoms with Gasteiger partial charge < -0.3 is 18.9 Å². The molecule has 0 N–H and O–H groups in total. The number of rotatable bonds is 8. The van der Waals surface area contributed by atoms with Crippen molar-refractivity contribution in [1.82, 2.24) is 0 Å². The van der Waals surface area contributed by atoms with Crippen LogP contribution in [0.1, 0.15) is 58.0 Å². The Balaban J connectivity index is 2.32. The van der Waals surface area contributed by atoms with Gasteiger partial charge in [0.2, 0.25) is 0 Å². The van der Waals surface area contributed by atoms with Crippen LogP contribution in [0.15, 0.2) is 18.7 Å². The molecule has 0 amide bonds. The van der Waals surface area contributed by atoms with Crippen LogP contribution in [0.3, 0.4) is 0 Å². The first-order chi connectivity index (χ1) is 11.5. The third-order valence-corrected chi connectivity index (χ3v) is 3.79. The summed E-state index contributed by atoms with van der Waals surface area (Å²) in [5.74, 6) is 1.57. The van der Waals surface area contributed by atoms with E-state index in [-0.39, 0.29) is 5.41 Å². The predicted molar refractivity (Wildman–Crippen MR) is 96.5 cm³/mol. The summed E-state index contributed by atoms with van der Waals surface area (Å²) in [6.45, 7) is 14.9. The first-order valence-electron chi connectivity index (χ1n) is 8.80. The number of hydrogen-bond donors (Lipinski definition) is 0. The zero-order valence-corrected chi connectivity index (χ0v) is 15.4. The molecular formula is C20H30O4. The molecule has 1 heterocycles. The fourth-order valence-electron chi connectivity index (χ4n) is 2.48. The summed E-state index contributed by atoms with van der Waals surface area (Å²) >= 11 is 0. The Morgan fingerprint density at radius 3 is 2.21 bits per heavy atom. The fourth-order valence-corrected chi connectivity index (χ4v) is 2.48. The van der Waals surface area contributed by atoms with Gasteiger partial charge in [-0.05, 0) is 25.0 Å². The molecule has 4 nitrogen and oxygen atoms in total. The molecule has 24 heavy (non-hydrogen) atoms. The van der Waals surface area contributed by atoms with Crippen LogP contribution in [0.2, 0.25) is 0 Å². The number of ether oxygens (including phenoxy) is 4. The molecule has 0 spiro atoms. The minimum Gasteiger partial charge on any atom is -0.493 e. The van der Waals surface area contributed by atoms with Crippen LogP contribution >= 0.6 is 0 Å². The number of hydrogen-bond acceptors (Lipinski definition) is 4. The lowest BCUT2D eigenvalue weighted by atomic mass is 9.95. The minimum absolute atomic E-state index is 0.0313. The molecule has 1 fully saturated rings. The van der Waals surface area contributed by atoms with E-state index in [9.17, 15) is 0 Å². The van der Waals surface area contributed by atoms with Gasteiger partial charge in [0.1, 0.15) is 11.5 Å². The maximum atomic E-state index is 5.95. The van der Waals surface area contributed by atoms with Crippen LogP contribution < -0.4 is 9.47 Å². The van der Waals surface area contributed by atoms with Gasteiger partial charge in [-0.3, -0.25) is 0 Å². The third-order valence-electron chi connectivity index (χ3n) is 3.79. The second-order valence-electron chi connectivity index (χ2n) is 6.95. The van der Waals surface area contributed by atoms with Crippen LogP contribution in [-0.4, -0.2) is 26.4 Å². The molecule has 1 aromatic carbocycles. The minimum atomic E-state index is -0.423. The van der Waals surface area contributed by atoms with Crippen molar-refractivity contribution in [2.45, 2.75) is 46.8 Å². The largest absolute Gasteiger partial charge is 0.493 e. The van der Waals surface area contributed by atoms with Crippen LogP contribution in [0, 0.1) is 5.41 Å². The van der Waals surface area contributed by atoms with Crippen LogP contribution in [0.4, 0.5) is 0 Å². The van der Waals surface area contributed by atoms with E-state index in [1.165, 1.54) is 0 Å². The van der Waals surface area contributed by atoms with Crippen molar-refractivity contribution in [3.05, 3.63) is 29.8 Å². The molecule has 1 aliphatic heterocycles.